The van der Waals surface area contributed by atoms with Gasteiger partial charge < -0.3 is 27.0 Å². The largest absolute Gasteiger partial charge is 0.490 e. The summed E-state index contributed by atoms with van der Waals surface area (Å²) in [4.78, 5) is 21.0. The number of carbonyl (C=O) groups is 2. The number of rotatable bonds is 12. The minimum Gasteiger partial charge on any atom is -0.475 e. The molecule has 12 nitrogen and oxygen atoms in total. The summed E-state index contributed by atoms with van der Waals surface area (Å²) in [5.41, 5.74) is 12.5. The molecule has 0 radical (unpaired) electrons. The van der Waals surface area contributed by atoms with E-state index in [2.05, 4.69) is 47.1 Å². The lowest BCUT2D eigenvalue weighted by Crippen LogP contribution is -2.41. The third kappa shape index (κ3) is 15.5. The molecule has 1 aromatic carbocycles. The van der Waals surface area contributed by atoms with Crippen LogP contribution in [0.3, 0.4) is 0 Å². The van der Waals surface area contributed by atoms with Gasteiger partial charge in [0.25, 0.3) is 10.0 Å². The second-order valence-electron chi connectivity index (χ2n) is 10.6. The summed E-state index contributed by atoms with van der Waals surface area (Å²) in [6.45, 7) is 9.47. The lowest BCUT2D eigenvalue weighted by molar-refractivity contribution is -0.193. The van der Waals surface area contributed by atoms with Crippen molar-refractivity contribution in [2.24, 2.45) is 28.7 Å². The normalized spacial score (nSPS) is 13.5. The molecule has 264 valence electrons. The standard InChI is InChI=1S/C20H32ClFN6O2S2.2C2HF3O2/c1-12(2)18(24)13(9-20(3,4)5-6-23)10-25-16-8-15(22)17(7-14(16)21)32(29,30)28-19-26-11-27-31-19;2*3-2(4,5)1(6)7/h7-8,11-13,18,25H,5-6,9-10,23-24H2,1-4H3,(H,26,27,28);2*(H,6,7)/t13-,18+;;/m0../s1. The molecule has 0 spiro atoms. The Morgan fingerprint density at radius 1 is 1.07 bits per heavy atom. The van der Waals surface area contributed by atoms with Crippen LogP contribution in [0.4, 0.5) is 41.6 Å². The summed E-state index contributed by atoms with van der Waals surface area (Å²) < 4.78 is 109. The number of hydrogen-bond acceptors (Lipinski definition) is 10. The Hall–Kier alpha value is -3.01. The van der Waals surface area contributed by atoms with Gasteiger partial charge in [0.05, 0.1) is 10.7 Å². The number of aliphatic carboxylic acids is 2. The topological polar surface area (TPSA) is 211 Å². The van der Waals surface area contributed by atoms with E-state index >= 15 is 0 Å². The average Bonchev–Trinajstić information content (AvgIpc) is 3.39. The van der Waals surface area contributed by atoms with Gasteiger partial charge in [0.2, 0.25) is 5.13 Å². The number of benzene rings is 1. The summed E-state index contributed by atoms with van der Waals surface area (Å²) in [5, 5.41) is 17.5. The summed E-state index contributed by atoms with van der Waals surface area (Å²) >= 11 is 7.15. The molecular formula is C24H34ClF7N6O6S2. The van der Waals surface area contributed by atoms with Crippen molar-refractivity contribution in [2.75, 3.05) is 23.1 Å². The lowest BCUT2D eigenvalue weighted by Gasteiger charge is -2.34. The molecule has 1 heterocycles. The van der Waals surface area contributed by atoms with Crippen molar-refractivity contribution in [2.45, 2.75) is 63.8 Å². The van der Waals surface area contributed by atoms with Gasteiger partial charge in [0.15, 0.2) is 0 Å². The third-order valence-corrected chi connectivity index (χ3v) is 8.26. The number of carboxylic acid groups (broad SMARTS) is 2. The Bertz CT molecular complexity index is 1350. The van der Waals surface area contributed by atoms with Crippen molar-refractivity contribution in [1.29, 1.82) is 0 Å². The predicted molar refractivity (Wildman–Crippen MR) is 156 cm³/mol. The summed E-state index contributed by atoms with van der Waals surface area (Å²) in [6.07, 6.45) is -7.28. The van der Waals surface area contributed by atoms with Gasteiger partial charge in [0.1, 0.15) is 17.0 Å². The van der Waals surface area contributed by atoms with E-state index in [1.54, 1.807) is 0 Å². The first-order valence-corrected chi connectivity index (χ1v) is 15.5. The maximum Gasteiger partial charge on any atom is 0.490 e. The minimum atomic E-state index is -5.08. The molecular weight excluding hydrogens is 701 g/mol. The second kappa shape index (κ2) is 17.8. The van der Waals surface area contributed by atoms with Gasteiger partial charge in [-0.2, -0.15) is 30.7 Å². The van der Waals surface area contributed by atoms with Crippen LogP contribution in [0.25, 0.3) is 0 Å². The maximum atomic E-state index is 14.7. The van der Waals surface area contributed by atoms with Gasteiger partial charge in [-0.15, -0.1) is 0 Å². The summed E-state index contributed by atoms with van der Waals surface area (Å²) in [6, 6.07) is 2.08. The molecule has 0 aliphatic carbocycles. The van der Waals surface area contributed by atoms with E-state index in [1.807, 2.05) is 0 Å². The van der Waals surface area contributed by atoms with E-state index < -0.39 is 45.0 Å². The van der Waals surface area contributed by atoms with Gasteiger partial charge in [-0.3, -0.25) is 4.72 Å². The predicted octanol–water partition coefficient (Wildman–Crippen LogP) is 5.17. The van der Waals surface area contributed by atoms with E-state index in [9.17, 15) is 39.2 Å². The number of hydrogen-bond donors (Lipinski definition) is 6. The summed E-state index contributed by atoms with van der Waals surface area (Å²) in [7, 11) is -4.20. The fraction of sp³-hybridized carbons (Fsp3) is 0.583. The van der Waals surface area contributed by atoms with Gasteiger partial charge in [0, 0.05) is 24.1 Å². The van der Waals surface area contributed by atoms with Crippen molar-refractivity contribution in [3.63, 3.8) is 0 Å². The number of anilines is 2. The molecule has 0 amide bonds. The van der Waals surface area contributed by atoms with E-state index in [4.69, 9.17) is 42.9 Å². The number of alkyl halides is 6. The first-order chi connectivity index (χ1) is 20.7. The van der Waals surface area contributed by atoms with Crippen LogP contribution in [0.1, 0.15) is 40.5 Å². The highest BCUT2D eigenvalue weighted by Crippen LogP contribution is 2.33. The van der Waals surface area contributed by atoms with Gasteiger partial charge in [-0.25, -0.2) is 27.4 Å². The van der Waals surface area contributed by atoms with E-state index in [0.717, 1.165) is 36.5 Å². The highest BCUT2D eigenvalue weighted by molar-refractivity contribution is 7.93. The van der Waals surface area contributed by atoms with Crippen LogP contribution in [0.5, 0.6) is 0 Å². The monoisotopic (exact) mass is 734 g/mol. The number of sulfonamides is 1. The van der Waals surface area contributed by atoms with Gasteiger partial charge in [-0.1, -0.05) is 39.3 Å². The highest BCUT2D eigenvalue weighted by atomic mass is 35.5. The molecule has 0 fully saturated rings. The highest BCUT2D eigenvalue weighted by Gasteiger charge is 2.39. The SMILES string of the molecule is CC(C)[C@@H](N)[C@H](CNc1cc(F)c(S(=O)(=O)Nc2ncns2)cc1Cl)CC(C)(C)CCN.O=C(O)C(F)(F)F.O=C(O)C(F)(F)F. The molecule has 0 aliphatic heterocycles. The molecule has 0 saturated heterocycles. The molecule has 0 bridgehead atoms. The lowest BCUT2D eigenvalue weighted by atomic mass is 9.75. The number of carboxylic acids is 2. The molecule has 2 atom stereocenters. The quantitative estimate of drug-likeness (QED) is 0.157. The van der Waals surface area contributed by atoms with Gasteiger partial charge in [-0.05, 0) is 48.8 Å². The Balaban J connectivity index is 0.00000120. The zero-order chi connectivity index (χ0) is 36.3. The van der Waals surface area contributed by atoms with Crippen molar-refractivity contribution in [3.8, 4) is 0 Å². The zero-order valence-electron chi connectivity index (χ0n) is 24.7. The van der Waals surface area contributed by atoms with Crippen molar-refractivity contribution in [1.82, 2.24) is 9.36 Å². The van der Waals surface area contributed by atoms with Crippen molar-refractivity contribution < 1.29 is 59.0 Å². The van der Waals surface area contributed by atoms with E-state index in [1.165, 1.54) is 6.33 Å². The zero-order valence-corrected chi connectivity index (χ0v) is 27.1. The Morgan fingerprint density at radius 3 is 1.96 bits per heavy atom. The van der Waals surface area contributed by atoms with Crippen LogP contribution in [0.2, 0.25) is 5.02 Å². The van der Waals surface area contributed by atoms with Crippen LogP contribution < -0.4 is 21.5 Å². The Morgan fingerprint density at radius 2 is 1.57 bits per heavy atom. The molecule has 0 saturated carbocycles. The molecule has 2 rings (SSSR count). The molecule has 22 heteroatoms. The number of nitrogens with two attached hydrogens (primary N) is 2. The third-order valence-electron chi connectivity index (χ3n) is 5.88. The van der Waals surface area contributed by atoms with Crippen LogP contribution in [0.15, 0.2) is 23.4 Å². The van der Waals surface area contributed by atoms with Gasteiger partial charge >= 0.3 is 24.3 Å². The molecule has 0 unspecified atom stereocenters. The molecule has 2 aromatic rings. The Kier molecular flexibility index (Phi) is 16.6. The van der Waals surface area contributed by atoms with Crippen molar-refractivity contribution >= 4 is 55.9 Å². The molecule has 8 N–H and O–H groups in total. The van der Waals surface area contributed by atoms with E-state index in [0.29, 0.717) is 18.8 Å². The number of nitrogens with one attached hydrogen (secondary N) is 2. The van der Waals surface area contributed by atoms with Crippen LogP contribution >= 0.6 is 23.1 Å². The van der Waals surface area contributed by atoms with E-state index in [-0.39, 0.29) is 33.4 Å². The van der Waals surface area contributed by atoms with Crippen LogP contribution in [-0.4, -0.2) is 71.4 Å². The first kappa shape index (κ1) is 43.0. The van der Waals surface area contributed by atoms with Crippen LogP contribution in [0, 0.1) is 23.1 Å². The first-order valence-electron chi connectivity index (χ1n) is 12.8. The fourth-order valence-electron chi connectivity index (χ4n) is 3.59. The molecule has 0 aliphatic rings. The second-order valence-corrected chi connectivity index (χ2v) is 13.4. The molecule has 46 heavy (non-hydrogen) atoms. The number of halogens is 8. The Labute approximate surface area is 268 Å². The number of aromatic nitrogens is 2. The van der Waals surface area contributed by atoms with Crippen LogP contribution in [-0.2, 0) is 19.6 Å². The fourth-order valence-corrected chi connectivity index (χ4v) is 5.63. The molecule has 1 aromatic heterocycles. The maximum absolute atomic E-state index is 14.7. The number of nitrogens with zero attached hydrogens (tertiary/aromatic N) is 2. The smallest absolute Gasteiger partial charge is 0.475 e. The van der Waals surface area contributed by atoms with Crippen molar-refractivity contribution in [3.05, 3.63) is 29.3 Å². The summed E-state index contributed by atoms with van der Waals surface area (Å²) in [5.74, 6) is -6.11. The minimum absolute atomic E-state index is 0.00303. The average molecular weight is 735 g/mol.